The number of aromatic nitrogens is 1. The zero-order valence-electron chi connectivity index (χ0n) is 38.7. The molecule has 0 unspecified atom stereocenters. The predicted molar refractivity (Wildman–Crippen MR) is 242 cm³/mol. The Balaban J connectivity index is 1.34. The molecule has 2 saturated heterocycles. The number of nitrogens with one attached hydrogen (secondary N) is 2. The van der Waals surface area contributed by atoms with Crippen LogP contribution < -0.4 is 20.1 Å². The van der Waals surface area contributed by atoms with Gasteiger partial charge in [0.05, 0.1) is 22.4 Å². The molecule has 0 radical (unpaired) electrons. The van der Waals surface area contributed by atoms with E-state index in [0.29, 0.717) is 49.4 Å². The molecule has 1 aromatic carbocycles. The zero-order valence-corrected chi connectivity index (χ0v) is 39.5. The fraction of sp³-hybridized carbons (Fsp3) is 0.681. The third kappa shape index (κ3) is 10.4. The number of carbonyl (C=O) groups is 4. The Labute approximate surface area is 374 Å². The first-order valence-electron chi connectivity index (χ1n) is 23.0. The molecule has 0 bridgehead atoms. The van der Waals surface area contributed by atoms with Crippen molar-refractivity contribution < 1.29 is 41.8 Å². The largest absolute Gasteiger partial charge is 0.491 e. The highest BCUT2D eigenvalue weighted by atomic mass is 32.2. The first-order chi connectivity index (χ1) is 29.8. The first kappa shape index (κ1) is 48.0. The van der Waals surface area contributed by atoms with Gasteiger partial charge in [0.15, 0.2) is 0 Å². The molecule has 2 aliphatic carbocycles. The van der Waals surface area contributed by atoms with Gasteiger partial charge in [-0.15, -0.1) is 6.58 Å². The number of fused-ring (bicyclic) bond motifs is 1. The number of ether oxygens (including phenoxy) is 3. The molecule has 4 fully saturated rings. The summed E-state index contributed by atoms with van der Waals surface area (Å²) in [5.41, 5.74) is -0.892. The van der Waals surface area contributed by atoms with Crippen molar-refractivity contribution in [3.8, 4) is 11.6 Å². The van der Waals surface area contributed by atoms with Crippen LogP contribution in [0.5, 0.6) is 11.6 Å². The van der Waals surface area contributed by atoms with Crippen LogP contribution in [0.1, 0.15) is 118 Å². The number of carbonyl (C=O) groups excluding carboxylic acids is 4. The van der Waals surface area contributed by atoms with Crippen molar-refractivity contribution in [2.24, 2.45) is 11.3 Å². The highest BCUT2D eigenvalue weighted by Crippen LogP contribution is 2.49. The SMILES string of the molecule is C=C[C@@H]1C[C@]1(NC(=O)[C@@H]1C[C@@H](Oc2nc3ccccc3c(OCCN3CCCC3)c2CCCCC)CN1C(=O)[C@@H](NC(=O)O[C@H](C)CC)C(C)(C)C)C(=O)N(C)S(=O)(=O)C1(C)CC1. The molecule has 4 aliphatic rings. The third-order valence-corrected chi connectivity index (χ3v) is 16.0. The second-order valence-corrected chi connectivity index (χ2v) is 21.9. The molecule has 2 N–H and O–H groups in total. The number of likely N-dealkylation sites (N-methyl/N-ethyl adjacent to an activating group) is 1. The second kappa shape index (κ2) is 19.3. The van der Waals surface area contributed by atoms with E-state index in [2.05, 4.69) is 29.0 Å². The minimum atomic E-state index is -4.01. The van der Waals surface area contributed by atoms with Crippen molar-refractivity contribution in [2.45, 2.75) is 154 Å². The number of hydrogen-bond donors (Lipinski definition) is 2. The monoisotopic (exact) mass is 894 g/mol. The van der Waals surface area contributed by atoms with Crippen molar-refractivity contribution in [1.29, 1.82) is 0 Å². The Hall–Kier alpha value is -4.44. The Morgan fingerprint density at radius 3 is 2.41 bits per heavy atom. The standard InChI is InChI=1S/C47H70N6O9S/c1-10-13-14-20-35-38(60-27-26-52-24-17-18-25-52)34-19-15-16-21-36(34)48-41(35)62-33-28-37(53(30-33)42(55)39(45(5,6)7)49-44(57)61-31(4)11-2)40(54)50-47(29-32(47)12-3)43(56)51(9)63(58,59)46(8)22-23-46/h12,15-16,19,21,31-33,37,39H,3,10-11,13-14,17-18,20,22-30H2,1-2,4-9H3,(H,49,57)(H,50,54)/t31-,32-,33-,37+,39-,47-/m1/s1. The third-order valence-electron chi connectivity index (χ3n) is 13.4. The lowest BCUT2D eigenvalue weighted by Gasteiger charge is -2.35. The van der Waals surface area contributed by atoms with Crippen LogP contribution in [-0.2, 0) is 35.6 Å². The van der Waals surface area contributed by atoms with Gasteiger partial charge in [0.2, 0.25) is 27.7 Å². The number of benzene rings is 1. The molecule has 1 aromatic heterocycles. The molecular weight excluding hydrogens is 825 g/mol. The molecule has 3 heterocycles. The van der Waals surface area contributed by atoms with Gasteiger partial charge >= 0.3 is 6.09 Å². The van der Waals surface area contributed by atoms with Crippen LogP contribution in [0.4, 0.5) is 4.79 Å². The molecule has 4 amide bonds. The summed E-state index contributed by atoms with van der Waals surface area (Å²) in [6.45, 7) is 20.0. The maximum absolute atomic E-state index is 14.9. The van der Waals surface area contributed by atoms with Gasteiger partial charge in [-0.25, -0.2) is 22.5 Å². The lowest BCUT2D eigenvalue weighted by atomic mass is 9.85. The second-order valence-electron chi connectivity index (χ2n) is 19.4. The van der Waals surface area contributed by atoms with E-state index < -0.39 is 79.7 Å². The molecule has 6 rings (SSSR count). The number of hydrogen-bond acceptors (Lipinski definition) is 11. The molecule has 2 aliphatic heterocycles. The Morgan fingerprint density at radius 2 is 1.79 bits per heavy atom. The normalized spacial score (nSPS) is 24.0. The van der Waals surface area contributed by atoms with Crippen molar-refractivity contribution in [3.05, 3.63) is 42.5 Å². The Morgan fingerprint density at radius 1 is 1.10 bits per heavy atom. The van der Waals surface area contributed by atoms with Gasteiger partial charge in [0.25, 0.3) is 5.91 Å². The average molecular weight is 895 g/mol. The summed E-state index contributed by atoms with van der Waals surface area (Å²) in [7, 11) is -2.78. The topological polar surface area (TPSA) is 177 Å². The van der Waals surface area contributed by atoms with E-state index in [1.54, 1.807) is 19.9 Å². The van der Waals surface area contributed by atoms with Gasteiger partial charge in [-0.2, -0.15) is 0 Å². The van der Waals surface area contributed by atoms with Crippen LogP contribution in [-0.4, -0.2) is 126 Å². The van der Waals surface area contributed by atoms with E-state index in [-0.39, 0.29) is 19.4 Å². The van der Waals surface area contributed by atoms with Crippen LogP contribution in [0.3, 0.4) is 0 Å². The molecule has 15 nitrogen and oxygen atoms in total. The minimum Gasteiger partial charge on any atom is -0.491 e. The van der Waals surface area contributed by atoms with Gasteiger partial charge in [-0.05, 0) is 95.9 Å². The lowest BCUT2D eigenvalue weighted by Crippen LogP contribution is -2.60. The molecule has 2 aromatic rings. The smallest absolute Gasteiger partial charge is 0.408 e. The zero-order chi connectivity index (χ0) is 45.9. The molecule has 2 saturated carbocycles. The fourth-order valence-electron chi connectivity index (χ4n) is 8.76. The fourth-order valence-corrected chi connectivity index (χ4v) is 10.4. The van der Waals surface area contributed by atoms with Crippen molar-refractivity contribution in [1.82, 2.24) is 29.7 Å². The van der Waals surface area contributed by atoms with Gasteiger partial charge in [0, 0.05) is 31.3 Å². The Kier molecular flexibility index (Phi) is 14.7. The van der Waals surface area contributed by atoms with Gasteiger partial charge in [0.1, 0.15) is 42.2 Å². The lowest BCUT2D eigenvalue weighted by molar-refractivity contribution is -0.143. The number of rotatable bonds is 20. The number of nitrogens with zero attached hydrogens (tertiary/aromatic N) is 4. The van der Waals surface area contributed by atoms with Crippen LogP contribution in [0.15, 0.2) is 36.9 Å². The number of alkyl carbamates (subject to hydrolysis) is 1. The molecule has 16 heteroatoms. The summed E-state index contributed by atoms with van der Waals surface area (Å²) in [6.07, 6.45) is 7.10. The number of pyridine rings is 1. The van der Waals surface area contributed by atoms with Gasteiger partial charge in [-0.1, -0.05) is 65.7 Å². The van der Waals surface area contributed by atoms with Crippen LogP contribution in [0.2, 0.25) is 0 Å². The summed E-state index contributed by atoms with van der Waals surface area (Å²) >= 11 is 0. The van der Waals surface area contributed by atoms with Crippen molar-refractivity contribution in [3.63, 3.8) is 0 Å². The number of para-hydroxylation sites is 1. The van der Waals surface area contributed by atoms with Crippen LogP contribution in [0, 0.1) is 11.3 Å². The van der Waals surface area contributed by atoms with Crippen molar-refractivity contribution >= 4 is 44.7 Å². The summed E-state index contributed by atoms with van der Waals surface area (Å²) in [4.78, 5) is 65.9. The predicted octanol–water partition coefficient (Wildman–Crippen LogP) is 6.13. The molecule has 6 atom stereocenters. The maximum Gasteiger partial charge on any atom is 0.408 e. The van der Waals surface area contributed by atoms with Crippen LogP contribution in [0.25, 0.3) is 10.9 Å². The first-order valence-corrected chi connectivity index (χ1v) is 24.4. The number of amides is 4. The average Bonchev–Trinajstić information content (AvgIpc) is 4.02. The molecule has 0 spiro atoms. The van der Waals surface area contributed by atoms with E-state index in [4.69, 9.17) is 19.2 Å². The van der Waals surface area contributed by atoms with E-state index in [9.17, 15) is 27.6 Å². The van der Waals surface area contributed by atoms with Crippen molar-refractivity contribution in [2.75, 3.05) is 39.8 Å². The number of likely N-dealkylation sites (tertiary alicyclic amines) is 2. The van der Waals surface area contributed by atoms with E-state index in [0.717, 1.165) is 54.2 Å². The summed E-state index contributed by atoms with van der Waals surface area (Å²) < 4.78 is 45.8. The number of unbranched alkanes of at least 4 members (excludes halogenated alkanes) is 2. The highest BCUT2D eigenvalue weighted by Gasteiger charge is 2.65. The van der Waals surface area contributed by atoms with E-state index in [1.807, 2.05) is 52.0 Å². The molecule has 348 valence electrons. The molecular formula is C47H70N6O9S. The Bertz CT molecular complexity index is 2130. The van der Waals surface area contributed by atoms with Gasteiger partial charge in [-0.3, -0.25) is 19.3 Å². The summed E-state index contributed by atoms with van der Waals surface area (Å²) in [6, 6.07) is 5.50. The molecule has 63 heavy (non-hydrogen) atoms. The van der Waals surface area contributed by atoms with E-state index >= 15 is 0 Å². The summed E-state index contributed by atoms with van der Waals surface area (Å²) in [5, 5.41) is 6.57. The minimum absolute atomic E-state index is 0.0229. The quantitative estimate of drug-likeness (QED) is 0.116. The van der Waals surface area contributed by atoms with Gasteiger partial charge < -0.3 is 29.7 Å². The van der Waals surface area contributed by atoms with E-state index in [1.165, 1.54) is 24.8 Å². The number of sulfonamides is 1. The summed E-state index contributed by atoms with van der Waals surface area (Å²) in [5.74, 6) is -1.39. The maximum atomic E-state index is 14.9. The van der Waals surface area contributed by atoms with Crippen LogP contribution >= 0.6 is 0 Å². The highest BCUT2D eigenvalue weighted by molar-refractivity contribution is 7.91.